The molecule has 9 atom stereocenters. The van der Waals surface area contributed by atoms with E-state index in [9.17, 15) is 10.2 Å². The minimum absolute atomic E-state index is 0.101. The van der Waals surface area contributed by atoms with Crippen molar-refractivity contribution in [2.45, 2.75) is 98.2 Å². The quantitative estimate of drug-likeness (QED) is 0.557. The molecule has 0 spiro atoms. The van der Waals surface area contributed by atoms with Gasteiger partial charge in [0.05, 0.1) is 12.2 Å². The summed E-state index contributed by atoms with van der Waals surface area (Å²) in [4.78, 5) is 0. The van der Waals surface area contributed by atoms with E-state index in [2.05, 4.69) is 46.8 Å². The van der Waals surface area contributed by atoms with Crippen molar-refractivity contribution in [3.63, 3.8) is 0 Å². The normalized spacial score (nSPS) is 48.2. The van der Waals surface area contributed by atoms with Crippen LogP contribution in [0.1, 0.15) is 86.0 Å². The van der Waals surface area contributed by atoms with Crippen LogP contribution in [-0.4, -0.2) is 22.4 Å². The van der Waals surface area contributed by atoms with E-state index in [1.165, 1.54) is 37.7 Å². The van der Waals surface area contributed by atoms with Crippen LogP contribution in [-0.2, 0) is 0 Å². The summed E-state index contributed by atoms with van der Waals surface area (Å²) in [5, 5.41) is 21.3. The van der Waals surface area contributed by atoms with Crippen molar-refractivity contribution < 1.29 is 10.2 Å². The number of fused-ring (bicyclic) bond motifs is 5. The average molecular weight is 401 g/mol. The van der Waals surface area contributed by atoms with Crippen molar-refractivity contribution in [3.05, 3.63) is 23.8 Å². The van der Waals surface area contributed by atoms with Crippen LogP contribution in [0.15, 0.2) is 23.8 Å². The highest BCUT2D eigenvalue weighted by Gasteiger charge is 2.60. The van der Waals surface area contributed by atoms with Gasteiger partial charge in [-0.2, -0.15) is 0 Å². The van der Waals surface area contributed by atoms with E-state index in [-0.39, 0.29) is 17.6 Å². The van der Waals surface area contributed by atoms with Gasteiger partial charge < -0.3 is 10.2 Å². The van der Waals surface area contributed by atoms with Crippen molar-refractivity contribution in [2.75, 3.05) is 0 Å². The highest BCUT2D eigenvalue weighted by Crippen LogP contribution is 2.67. The Hall–Kier alpha value is -0.600. The second-order valence-electron chi connectivity index (χ2n) is 11.9. The maximum atomic E-state index is 11.1. The van der Waals surface area contributed by atoms with E-state index in [1.807, 2.05) is 6.08 Å². The molecule has 0 aliphatic heterocycles. The molecule has 4 aliphatic carbocycles. The largest absolute Gasteiger partial charge is 0.389 e. The van der Waals surface area contributed by atoms with Gasteiger partial charge in [0.15, 0.2) is 0 Å². The Labute approximate surface area is 178 Å². The fraction of sp³-hybridized carbons (Fsp3) is 0.852. The zero-order valence-electron chi connectivity index (χ0n) is 19.4. The van der Waals surface area contributed by atoms with Gasteiger partial charge in [-0.05, 0) is 103 Å². The molecule has 0 unspecified atom stereocenters. The molecule has 29 heavy (non-hydrogen) atoms. The maximum absolute atomic E-state index is 11.1. The molecule has 2 N–H and O–H groups in total. The molecule has 2 heteroatoms. The van der Waals surface area contributed by atoms with Crippen molar-refractivity contribution in [3.8, 4) is 0 Å². The molecule has 2 nitrogen and oxygen atoms in total. The molecule has 0 radical (unpaired) electrons. The van der Waals surface area contributed by atoms with Gasteiger partial charge in [-0.25, -0.2) is 0 Å². The summed E-state index contributed by atoms with van der Waals surface area (Å²) in [5.41, 5.74) is 1.69. The molecule has 0 aromatic carbocycles. The predicted octanol–water partition coefficient (Wildman–Crippen LogP) is 6.14. The molecular formula is C27H44O2. The summed E-state index contributed by atoms with van der Waals surface area (Å²) < 4.78 is 0. The van der Waals surface area contributed by atoms with E-state index < -0.39 is 0 Å². The molecule has 0 bridgehead atoms. The minimum atomic E-state index is -0.354. The molecule has 4 aliphatic rings. The Bertz CT molecular complexity index is 663. The first-order chi connectivity index (χ1) is 13.7. The van der Waals surface area contributed by atoms with Crippen LogP contribution in [0, 0.1) is 46.3 Å². The SMILES string of the molecule is CC(C)C/C=C/[C@@H](C)[C@H]1CC[C@H]2[C@@H]3C[C@@H](O)C4=C[C@@H](O)CC[C@]4(C)[C@H]3CC[C@]12C. The fourth-order valence-electron chi connectivity index (χ4n) is 8.36. The first kappa shape index (κ1) is 21.6. The van der Waals surface area contributed by atoms with Crippen LogP contribution in [0.4, 0.5) is 0 Å². The third kappa shape index (κ3) is 3.57. The minimum Gasteiger partial charge on any atom is -0.389 e. The number of aliphatic hydroxyl groups is 2. The summed E-state index contributed by atoms with van der Waals surface area (Å²) in [7, 11) is 0. The molecule has 164 valence electrons. The molecule has 4 rings (SSSR count). The molecule has 3 saturated carbocycles. The van der Waals surface area contributed by atoms with Crippen molar-refractivity contribution in [2.24, 2.45) is 46.3 Å². The lowest BCUT2D eigenvalue weighted by molar-refractivity contribution is -0.0852. The lowest BCUT2D eigenvalue weighted by atomic mass is 9.46. The second kappa shape index (κ2) is 7.83. The standard InChI is InChI=1S/C27H44O2/c1-17(2)7-6-8-18(3)21-9-10-22-20-16-25(29)24-15-19(28)11-13-27(24,5)23(20)12-14-26(21,22)4/h6,8,15,17-23,25,28-29H,7,9-14,16H2,1-5H3/b8-6+/t18-,19+,20+,21-,22+,23+,25-,26-,27-/m1/s1. The average Bonchev–Trinajstić information content (AvgIpc) is 3.00. The third-order valence-electron chi connectivity index (χ3n) is 9.86. The first-order valence-electron chi connectivity index (χ1n) is 12.4. The monoisotopic (exact) mass is 400 g/mol. The van der Waals surface area contributed by atoms with Crippen LogP contribution >= 0.6 is 0 Å². The number of hydrogen-bond donors (Lipinski definition) is 2. The van der Waals surface area contributed by atoms with Gasteiger partial charge in [-0.3, -0.25) is 0 Å². The van der Waals surface area contributed by atoms with Crippen molar-refractivity contribution in [1.29, 1.82) is 0 Å². The van der Waals surface area contributed by atoms with Gasteiger partial charge in [-0.15, -0.1) is 0 Å². The van der Waals surface area contributed by atoms with Gasteiger partial charge in [0.2, 0.25) is 0 Å². The van der Waals surface area contributed by atoms with Gasteiger partial charge in [-0.1, -0.05) is 52.8 Å². The number of aliphatic hydroxyl groups excluding tert-OH is 2. The van der Waals surface area contributed by atoms with Gasteiger partial charge in [0.1, 0.15) is 0 Å². The summed E-state index contributed by atoms with van der Waals surface area (Å²) in [5.74, 6) is 4.27. The molecule has 3 fully saturated rings. The summed E-state index contributed by atoms with van der Waals surface area (Å²) in [6.45, 7) is 12.0. The van der Waals surface area contributed by atoms with E-state index in [0.29, 0.717) is 23.2 Å². The summed E-state index contributed by atoms with van der Waals surface area (Å²) >= 11 is 0. The fourth-order valence-corrected chi connectivity index (χ4v) is 8.36. The highest BCUT2D eigenvalue weighted by molar-refractivity contribution is 5.29. The maximum Gasteiger partial charge on any atom is 0.0759 e. The van der Waals surface area contributed by atoms with E-state index >= 15 is 0 Å². The lowest BCUT2D eigenvalue weighted by Crippen LogP contribution is -2.54. The first-order valence-corrected chi connectivity index (χ1v) is 12.4. The highest BCUT2D eigenvalue weighted by atomic mass is 16.3. The van der Waals surface area contributed by atoms with Crippen LogP contribution in [0.2, 0.25) is 0 Å². The number of allylic oxidation sites excluding steroid dienone is 2. The molecule has 0 aromatic heterocycles. The molecule has 0 aromatic rings. The van der Waals surface area contributed by atoms with Crippen LogP contribution in [0.3, 0.4) is 0 Å². The molecule has 0 heterocycles. The molecular weight excluding hydrogens is 356 g/mol. The van der Waals surface area contributed by atoms with E-state index in [0.717, 1.165) is 37.0 Å². The Balaban J connectivity index is 1.56. The zero-order chi connectivity index (χ0) is 21.0. The van der Waals surface area contributed by atoms with E-state index in [4.69, 9.17) is 0 Å². The van der Waals surface area contributed by atoms with Crippen LogP contribution in [0.5, 0.6) is 0 Å². The van der Waals surface area contributed by atoms with Gasteiger partial charge in [0, 0.05) is 0 Å². The Morgan fingerprint density at radius 3 is 2.52 bits per heavy atom. The number of rotatable bonds is 4. The second-order valence-corrected chi connectivity index (χ2v) is 11.9. The lowest BCUT2D eigenvalue weighted by Gasteiger charge is -2.59. The summed E-state index contributed by atoms with van der Waals surface area (Å²) in [6.07, 6.45) is 15.6. The van der Waals surface area contributed by atoms with Crippen LogP contribution < -0.4 is 0 Å². The Kier molecular flexibility index (Phi) is 5.84. The molecule has 0 saturated heterocycles. The number of hydrogen-bond acceptors (Lipinski definition) is 2. The van der Waals surface area contributed by atoms with Gasteiger partial charge in [0.25, 0.3) is 0 Å². The smallest absolute Gasteiger partial charge is 0.0759 e. The van der Waals surface area contributed by atoms with Crippen molar-refractivity contribution in [1.82, 2.24) is 0 Å². The van der Waals surface area contributed by atoms with Crippen LogP contribution in [0.25, 0.3) is 0 Å². The summed E-state index contributed by atoms with van der Waals surface area (Å²) in [6, 6.07) is 0. The topological polar surface area (TPSA) is 40.5 Å². The van der Waals surface area contributed by atoms with E-state index in [1.54, 1.807) is 0 Å². The molecule has 0 amide bonds. The predicted molar refractivity (Wildman–Crippen MR) is 120 cm³/mol. The van der Waals surface area contributed by atoms with Gasteiger partial charge >= 0.3 is 0 Å². The third-order valence-corrected chi connectivity index (χ3v) is 9.86. The van der Waals surface area contributed by atoms with Crippen molar-refractivity contribution >= 4 is 0 Å². The Morgan fingerprint density at radius 2 is 1.79 bits per heavy atom. The Morgan fingerprint density at radius 1 is 1.03 bits per heavy atom. The zero-order valence-corrected chi connectivity index (χ0v) is 19.4.